The Hall–Kier alpha value is -2.49. The molecular formula is C16H16N2O2. The number of para-hydroxylation sites is 1. The van der Waals surface area contributed by atoms with E-state index in [9.17, 15) is 0 Å². The number of rotatable bonds is 4. The van der Waals surface area contributed by atoms with Crippen molar-refractivity contribution in [1.29, 1.82) is 0 Å². The molecule has 2 atom stereocenters. The van der Waals surface area contributed by atoms with Crippen LogP contribution in [0.4, 0.5) is 0 Å². The molecule has 0 saturated heterocycles. The lowest BCUT2D eigenvalue weighted by Gasteiger charge is -2.22. The summed E-state index contributed by atoms with van der Waals surface area (Å²) in [6.07, 6.45) is -0.209. The summed E-state index contributed by atoms with van der Waals surface area (Å²) >= 11 is 0. The molecule has 1 aliphatic rings. The maximum atomic E-state index is 6.09. The van der Waals surface area contributed by atoms with Gasteiger partial charge >= 0.3 is 0 Å². The van der Waals surface area contributed by atoms with Crippen LogP contribution >= 0.6 is 0 Å². The van der Waals surface area contributed by atoms with Crippen LogP contribution in [-0.4, -0.2) is 18.7 Å². The van der Waals surface area contributed by atoms with Gasteiger partial charge in [0.15, 0.2) is 0 Å². The molecule has 1 heterocycles. The van der Waals surface area contributed by atoms with E-state index in [1.54, 1.807) is 0 Å². The molecule has 2 aromatic carbocycles. The van der Waals surface area contributed by atoms with Crippen LogP contribution in [0.2, 0.25) is 0 Å². The Balaban J connectivity index is 1.88. The molecular weight excluding hydrogens is 252 g/mol. The van der Waals surface area contributed by atoms with Crippen LogP contribution in [0, 0.1) is 0 Å². The number of nitrogens with zero attached hydrogens (tertiary/aromatic N) is 1. The van der Waals surface area contributed by atoms with Gasteiger partial charge in [-0.3, -0.25) is 0 Å². The van der Waals surface area contributed by atoms with E-state index in [0.29, 0.717) is 6.61 Å². The van der Waals surface area contributed by atoms with Crippen molar-refractivity contribution in [2.75, 3.05) is 6.61 Å². The van der Waals surface area contributed by atoms with E-state index in [0.717, 1.165) is 11.3 Å². The third kappa shape index (κ3) is 2.74. The number of aliphatic imine (C=N–C) groups is 1. The lowest BCUT2D eigenvalue weighted by atomic mass is 10.0. The van der Waals surface area contributed by atoms with E-state index in [1.807, 2.05) is 60.7 Å². The highest BCUT2D eigenvalue weighted by Crippen LogP contribution is 2.28. The fourth-order valence-electron chi connectivity index (χ4n) is 2.22. The van der Waals surface area contributed by atoms with Crippen molar-refractivity contribution in [2.24, 2.45) is 10.7 Å². The van der Waals surface area contributed by atoms with Gasteiger partial charge in [-0.05, 0) is 17.7 Å². The van der Waals surface area contributed by atoms with Crippen LogP contribution in [-0.2, 0) is 4.74 Å². The van der Waals surface area contributed by atoms with Gasteiger partial charge in [0.1, 0.15) is 24.5 Å². The van der Waals surface area contributed by atoms with Crippen LogP contribution in [0.1, 0.15) is 11.7 Å². The molecule has 102 valence electrons. The first-order valence-corrected chi connectivity index (χ1v) is 6.55. The molecule has 2 N–H and O–H groups in total. The number of hydrogen-bond acceptors (Lipinski definition) is 4. The molecule has 4 heteroatoms. The van der Waals surface area contributed by atoms with Crippen molar-refractivity contribution in [3.63, 3.8) is 0 Å². The van der Waals surface area contributed by atoms with E-state index >= 15 is 0 Å². The summed E-state index contributed by atoms with van der Waals surface area (Å²) in [6, 6.07) is 19.8. The molecule has 0 radical (unpaired) electrons. The minimum atomic E-state index is -0.209. The van der Waals surface area contributed by atoms with Gasteiger partial charge in [0.25, 0.3) is 6.02 Å². The molecule has 0 saturated carbocycles. The number of nitrogens with two attached hydrogens (primary N) is 1. The zero-order valence-corrected chi connectivity index (χ0v) is 11.0. The molecule has 2 aromatic rings. The topological polar surface area (TPSA) is 56.8 Å². The minimum Gasteiger partial charge on any atom is -0.483 e. The number of hydrogen-bond donors (Lipinski definition) is 1. The second-order valence-corrected chi connectivity index (χ2v) is 4.61. The quantitative estimate of drug-likeness (QED) is 0.927. The summed E-state index contributed by atoms with van der Waals surface area (Å²) in [5.41, 5.74) is 6.67. The minimum absolute atomic E-state index is 0.127. The Labute approximate surface area is 117 Å². The first-order chi connectivity index (χ1) is 9.83. The predicted octanol–water partition coefficient (Wildman–Crippen LogP) is 2.52. The van der Waals surface area contributed by atoms with E-state index in [4.69, 9.17) is 15.2 Å². The normalized spacial score (nSPS) is 19.0. The second-order valence-electron chi connectivity index (χ2n) is 4.61. The Kier molecular flexibility index (Phi) is 3.54. The molecule has 3 rings (SSSR count). The fourth-order valence-corrected chi connectivity index (χ4v) is 2.22. The molecule has 0 aliphatic carbocycles. The van der Waals surface area contributed by atoms with Crippen molar-refractivity contribution < 1.29 is 9.47 Å². The standard InChI is InChI=1S/C16H16N2O2/c17-16-18-14(11-19-16)15(12-7-3-1-4-8-12)20-13-9-5-2-6-10-13/h1-10,14-15H,11H2,(H2,17,18). The second kappa shape index (κ2) is 5.65. The highest BCUT2D eigenvalue weighted by Gasteiger charge is 2.29. The summed E-state index contributed by atoms with van der Waals surface area (Å²) in [5, 5.41) is 0. The van der Waals surface area contributed by atoms with Crippen LogP contribution < -0.4 is 10.5 Å². The zero-order valence-electron chi connectivity index (χ0n) is 11.0. The molecule has 0 fully saturated rings. The fraction of sp³-hybridized carbons (Fsp3) is 0.188. The van der Waals surface area contributed by atoms with Crippen LogP contribution in [0.3, 0.4) is 0 Å². The maximum absolute atomic E-state index is 6.09. The van der Waals surface area contributed by atoms with Gasteiger partial charge in [0.2, 0.25) is 0 Å². The third-order valence-electron chi connectivity index (χ3n) is 3.18. The van der Waals surface area contributed by atoms with E-state index < -0.39 is 0 Å². The molecule has 2 unspecified atom stereocenters. The molecule has 4 nitrogen and oxygen atoms in total. The van der Waals surface area contributed by atoms with Crippen LogP contribution in [0.5, 0.6) is 5.75 Å². The SMILES string of the molecule is NC1=NC(C(Oc2ccccc2)c2ccccc2)CO1. The Morgan fingerprint density at radius 1 is 1.05 bits per heavy atom. The third-order valence-corrected chi connectivity index (χ3v) is 3.18. The average molecular weight is 268 g/mol. The number of ether oxygens (including phenoxy) is 2. The molecule has 0 spiro atoms. The summed E-state index contributed by atoms with van der Waals surface area (Å²) in [4.78, 5) is 4.31. The van der Waals surface area contributed by atoms with Gasteiger partial charge in [-0.1, -0.05) is 48.5 Å². The largest absolute Gasteiger partial charge is 0.483 e. The number of amidine groups is 1. The van der Waals surface area contributed by atoms with Gasteiger partial charge in [-0.25, -0.2) is 4.99 Å². The molecule has 1 aliphatic heterocycles. The Bertz CT molecular complexity index is 584. The van der Waals surface area contributed by atoms with Crippen molar-refractivity contribution in [3.05, 3.63) is 66.2 Å². The van der Waals surface area contributed by atoms with Gasteiger partial charge < -0.3 is 15.2 Å². The summed E-state index contributed by atoms with van der Waals surface area (Å²) in [6.45, 7) is 0.443. The summed E-state index contributed by atoms with van der Waals surface area (Å²) < 4.78 is 11.3. The van der Waals surface area contributed by atoms with Gasteiger partial charge in [0.05, 0.1) is 0 Å². The lowest BCUT2D eigenvalue weighted by molar-refractivity contribution is 0.152. The van der Waals surface area contributed by atoms with E-state index in [1.165, 1.54) is 0 Å². The average Bonchev–Trinajstić information content (AvgIpc) is 2.93. The Morgan fingerprint density at radius 3 is 2.30 bits per heavy atom. The van der Waals surface area contributed by atoms with Gasteiger partial charge in [-0.15, -0.1) is 0 Å². The van der Waals surface area contributed by atoms with Gasteiger partial charge in [-0.2, -0.15) is 0 Å². The highest BCUT2D eigenvalue weighted by atomic mass is 16.5. The predicted molar refractivity (Wildman–Crippen MR) is 77.6 cm³/mol. The molecule has 0 bridgehead atoms. The van der Waals surface area contributed by atoms with E-state index in [-0.39, 0.29) is 18.2 Å². The van der Waals surface area contributed by atoms with Crippen LogP contribution in [0.15, 0.2) is 65.7 Å². The van der Waals surface area contributed by atoms with Crippen molar-refractivity contribution >= 4 is 6.02 Å². The highest BCUT2D eigenvalue weighted by molar-refractivity contribution is 5.73. The number of benzene rings is 2. The first-order valence-electron chi connectivity index (χ1n) is 6.55. The first kappa shape index (κ1) is 12.5. The molecule has 0 aromatic heterocycles. The zero-order chi connectivity index (χ0) is 13.8. The smallest absolute Gasteiger partial charge is 0.282 e. The monoisotopic (exact) mass is 268 g/mol. The Morgan fingerprint density at radius 2 is 1.70 bits per heavy atom. The van der Waals surface area contributed by atoms with Crippen molar-refractivity contribution in [2.45, 2.75) is 12.1 Å². The van der Waals surface area contributed by atoms with Gasteiger partial charge in [0, 0.05) is 0 Å². The maximum Gasteiger partial charge on any atom is 0.282 e. The van der Waals surface area contributed by atoms with Crippen molar-refractivity contribution in [1.82, 2.24) is 0 Å². The van der Waals surface area contributed by atoms with Crippen LogP contribution in [0.25, 0.3) is 0 Å². The molecule has 20 heavy (non-hydrogen) atoms. The van der Waals surface area contributed by atoms with E-state index in [2.05, 4.69) is 4.99 Å². The molecule has 0 amide bonds. The van der Waals surface area contributed by atoms with Crippen molar-refractivity contribution in [3.8, 4) is 5.75 Å². The summed E-state index contributed by atoms with van der Waals surface area (Å²) in [7, 11) is 0. The lowest BCUT2D eigenvalue weighted by Crippen LogP contribution is -2.23. The summed E-state index contributed by atoms with van der Waals surface area (Å²) in [5.74, 6) is 0.807.